The second kappa shape index (κ2) is 51.5. The molecule has 0 unspecified atom stereocenters. The Bertz CT molecular complexity index is 1190. The summed E-state index contributed by atoms with van der Waals surface area (Å²) in [5.74, 6) is -0.978. The van der Waals surface area contributed by atoms with Crippen LogP contribution in [0.2, 0.25) is 0 Å². The van der Waals surface area contributed by atoms with Gasteiger partial charge in [-0.2, -0.15) is 0 Å². The molecule has 0 fully saturated rings. The fourth-order valence-corrected chi connectivity index (χ4v) is 7.13. The average Bonchev–Trinajstić information content (AvgIpc) is 3.28. The van der Waals surface area contributed by atoms with E-state index >= 15 is 0 Å². The second-order valence-corrected chi connectivity index (χ2v) is 17.4. The molecular formula is C57H98O6. The Morgan fingerprint density at radius 3 is 1.00 bits per heavy atom. The highest BCUT2D eigenvalue weighted by atomic mass is 16.6. The summed E-state index contributed by atoms with van der Waals surface area (Å²) in [5.41, 5.74) is 0. The highest BCUT2D eigenvalue weighted by Crippen LogP contribution is 2.13. The van der Waals surface area contributed by atoms with Gasteiger partial charge in [-0.15, -0.1) is 0 Å². The number of hydrogen-bond donors (Lipinski definition) is 0. The number of unbranched alkanes of at least 4 members (excludes halogenated alkanes) is 24. The molecule has 0 aromatic carbocycles. The van der Waals surface area contributed by atoms with E-state index < -0.39 is 6.10 Å². The lowest BCUT2D eigenvalue weighted by atomic mass is 10.1. The summed E-state index contributed by atoms with van der Waals surface area (Å²) in [7, 11) is 0. The Morgan fingerprint density at radius 2 is 0.587 bits per heavy atom. The average molecular weight is 879 g/mol. The molecule has 0 saturated carbocycles. The van der Waals surface area contributed by atoms with E-state index in [0.29, 0.717) is 19.3 Å². The minimum absolute atomic E-state index is 0.104. The highest BCUT2D eigenvalue weighted by Gasteiger charge is 2.19. The van der Waals surface area contributed by atoms with E-state index in [9.17, 15) is 14.4 Å². The van der Waals surface area contributed by atoms with Gasteiger partial charge < -0.3 is 14.2 Å². The topological polar surface area (TPSA) is 78.9 Å². The maximum Gasteiger partial charge on any atom is 0.306 e. The van der Waals surface area contributed by atoms with E-state index in [1.54, 1.807) is 0 Å². The zero-order chi connectivity index (χ0) is 45.8. The van der Waals surface area contributed by atoms with Crippen LogP contribution in [0.5, 0.6) is 0 Å². The van der Waals surface area contributed by atoms with Gasteiger partial charge >= 0.3 is 17.9 Å². The normalized spacial score (nSPS) is 12.6. The van der Waals surface area contributed by atoms with Crippen molar-refractivity contribution in [3.8, 4) is 0 Å². The Kier molecular flexibility index (Phi) is 48.9. The van der Waals surface area contributed by atoms with Crippen molar-refractivity contribution in [3.05, 3.63) is 72.9 Å². The molecule has 0 aromatic rings. The maximum atomic E-state index is 12.8. The number of ether oxygens (including phenoxy) is 3. The fraction of sp³-hybridized carbons (Fsp3) is 0.737. The van der Waals surface area contributed by atoms with Gasteiger partial charge in [0.15, 0.2) is 6.10 Å². The van der Waals surface area contributed by atoms with Crippen molar-refractivity contribution in [2.75, 3.05) is 13.2 Å². The van der Waals surface area contributed by atoms with Crippen molar-refractivity contribution in [3.63, 3.8) is 0 Å². The van der Waals surface area contributed by atoms with E-state index in [2.05, 4.69) is 93.7 Å². The number of rotatable bonds is 47. The molecule has 0 spiro atoms. The molecule has 0 aliphatic carbocycles. The lowest BCUT2D eigenvalue weighted by Gasteiger charge is -2.18. The monoisotopic (exact) mass is 879 g/mol. The molecule has 63 heavy (non-hydrogen) atoms. The van der Waals surface area contributed by atoms with Crippen molar-refractivity contribution in [2.24, 2.45) is 0 Å². The third-order valence-corrected chi connectivity index (χ3v) is 11.2. The first kappa shape index (κ1) is 59.9. The van der Waals surface area contributed by atoms with Crippen molar-refractivity contribution in [1.29, 1.82) is 0 Å². The molecule has 362 valence electrons. The van der Waals surface area contributed by atoms with Crippen LogP contribution in [0.4, 0.5) is 0 Å². The standard InChI is InChI=1S/C57H98O6/c1-4-7-10-13-16-19-22-25-27-28-30-33-36-39-42-45-48-51-57(60)63-54(52-61-55(58)49-46-43-40-37-34-31-24-21-18-15-12-9-6-3)53-62-56(59)50-47-44-41-38-35-32-29-26-23-20-17-14-11-8-5-2/h17,20-21,24-27,29-30,33,39,42,54H,4-16,18-19,22-23,28,31-32,34-38,40-41,43-53H2,1-3H3/b20-17-,24-21-,27-25-,29-26-,33-30-,42-39-/t54-/m0/s1. The summed E-state index contributed by atoms with van der Waals surface area (Å²) in [6.07, 6.45) is 64.6. The molecular weight excluding hydrogens is 781 g/mol. The first-order valence-corrected chi connectivity index (χ1v) is 26.4. The van der Waals surface area contributed by atoms with Gasteiger partial charge in [-0.1, -0.05) is 196 Å². The SMILES string of the molecule is CCCCC/C=C\C/C=C\CCCCCCCC(=O)OC[C@H](COC(=O)CCCCCCC/C=C\CCCCCC)OC(=O)CCC/C=C\C/C=C\C/C=C\CCCCCCCC. The summed E-state index contributed by atoms with van der Waals surface area (Å²) in [4.78, 5) is 38.0. The minimum Gasteiger partial charge on any atom is -0.462 e. The molecule has 0 N–H and O–H groups in total. The first-order valence-electron chi connectivity index (χ1n) is 26.4. The number of esters is 3. The fourth-order valence-electron chi connectivity index (χ4n) is 7.13. The zero-order valence-corrected chi connectivity index (χ0v) is 41.3. The molecule has 0 aliphatic rings. The Balaban J connectivity index is 4.50. The largest absolute Gasteiger partial charge is 0.462 e. The van der Waals surface area contributed by atoms with Crippen molar-refractivity contribution < 1.29 is 28.6 Å². The molecule has 0 radical (unpaired) electrons. The van der Waals surface area contributed by atoms with E-state index in [1.807, 2.05) is 0 Å². The lowest BCUT2D eigenvalue weighted by molar-refractivity contribution is -0.167. The lowest BCUT2D eigenvalue weighted by Crippen LogP contribution is -2.30. The van der Waals surface area contributed by atoms with Crippen LogP contribution >= 0.6 is 0 Å². The van der Waals surface area contributed by atoms with E-state index in [0.717, 1.165) is 96.3 Å². The van der Waals surface area contributed by atoms with Crippen LogP contribution in [-0.2, 0) is 28.6 Å². The van der Waals surface area contributed by atoms with Crippen LogP contribution in [0.3, 0.4) is 0 Å². The number of allylic oxidation sites excluding steroid dienone is 12. The van der Waals surface area contributed by atoms with Crippen LogP contribution < -0.4 is 0 Å². The smallest absolute Gasteiger partial charge is 0.306 e. The highest BCUT2D eigenvalue weighted by molar-refractivity contribution is 5.71. The van der Waals surface area contributed by atoms with Crippen LogP contribution in [0, 0.1) is 0 Å². The quantitative estimate of drug-likeness (QED) is 0.0262. The number of hydrogen-bond acceptors (Lipinski definition) is 6. The van der Waals surface area contributed by atoms with Gasteiger partial charge in [0.2, 0.25) is 0 Å². The van der Waals surface area contributed by atoms with E-state index in [4.69, 9.17) is 14.2 Å². The van der Waals surface area contributed by atoms with Gasteiger partial charge in [0.25, 0.3) is 0 Å². The molecule has 1 atom stereocenters. The van der Waals surface area contributed by atoms with Gasteiger partial charge in [-0.3, -0.25) is 14.4 Å². The van der Waals surface area contributed by atoms with Crippen LogP contribution in [0.15, 0.2) is 72.9 Å². The number of carbonyl (C=O) groups is 3. The van der Waals surface area contributed by atoms with Gasteiger partial charge in [0, 0.05) is 19.3 Å². The van der Waals surface area contributed by atoms with Gasteiger partial charge in [0.05, 0.1) is 0 Å². The first-order chi connectivity index (χ1) is 31.0. The van der Waals surface area contributed by atoms with Gasteiger partial charge in [-0.05, 0) is 109 Å². The molecule has 0 aliphatic heterocycles. The molecule has 0 saturated heterocycles. The number of carbonyl (C=O) groups excluding carboxylic acids is 3. The molecule has 0 bridgehead atoms. The molecule has 6 heteroatoms. The van der Waals surface area contributed by atoms with Crippen molar-refractivity contribution in [2.45, 2.75) is 258 Å². The summed E-state index contributed by atoms with van der Waals surface area (Å²) in [6.45, 7) is 6.53. The summed E-state index contributed by atoms with van der Waals surface area (Å²) >= 11 is 0. The predicted molar refractivity (Wildman–Crippen MR) is 270 cm³/mol. The third-order valence-electron chi connectivity index (χ3n) is 11.2. The summed E-state index contributed by atoms with van der Waals surface area (Å²) in [6, 6.07) is 0. The van der Waals surface area contributed by atoms with Crippen molar-refractivity contribution in [1.82, 2.24) is 0 Å². The second-order valence-electron chi connectivity index (χ2n) is 17.4. The molecule has 0 rings (SSSR count). The van der Waals surface area contributed by atoms with Crippen LogP contribution in [0.25, 0.3) is 0 Å². The van der Waals surface area contributed by atoms with Crippen LogP contribution in [-0.4, -0.2) is 37.2 Å². The Morgan fingerprint density at radius 1 is 0.317 bits per heavy atom. The minimum atomic E-state index is -0.810. The molecule has 6 nitrogen and oxygen atoms in total. The predicted octanol–water partition coefficient (Wildman–Crippen LogP) is 17.4. The zero-order valence-electron chi connectivity index (χ0n) is 41.3. The van der Waals surface area contributed by atoms with Crippen LogP contribution in [0.1, 0.15) is 252 Å². The summed E-state index contributed by atoms with van der Waals surface area (Å²) < 4.78 is 16.7. The Labute approximate surface area is 389 Å². The summed E-state index contributed by atoms with van der Waals surface area (Å²) in [5, 5.41) is 0. The molecule has 0 aromatic heterocycles. The van der Waals surface area contributed by atoms with Gasteiger partial charge in [-0.25, -0.2) is 0 Å². The maximum absolute atomic E-state index is 12.8. The third kappa shape index (κ3) is 49.7. The van der Waals surface area contributed by atoms with E-state index in [1.165, 1.54) is 109 Å². The molecule has 0 amide bonds. The molecule has 0 heterocycles. The Hall–Kier alpha value is -3.15. The van der Waals surface area contributed by atoms with Crippen molar-refractivity contribution >= 4 is 17.9 Å². The van der Waals surface area contributed by atoms with E-state index in [-0.39, 0.29) is 37.5 Å². The van der Waals surface area contributed by atoms with Gasteiger partial charge in [0.1, 0.15) is 13.2 Å².